The molecule has 1 aliphatic rings. The molecule has 0 radical (unpaired) electrons. The van der Waals surface area contributed by atoms with E-state index in [4.69, 9.17) is 0 Å². The zero-order valence-electron chi connectivity index (χ0n) is 15.8. The molecule has 1 aromatic heterocycles. The summed E-state index contributed by atoms with van der Waals surface area (Å²) in [7, 11) is 0. The molecule has 6 nitrogen and oxygen atoms in total. The van der Waals surface area contributed by atoms with Gasteiger partial charge in [-0.2, -0.15) is 0 Å². The highest BCUT2D eigenvalue weighted by Gasteiger charge is 2.21. The first kappa shape index (κ1) is 18.2. The second-order valence-corrected chi connectivity index (χ2v) is 7.12. The van der Waals surface area contributed by atoms with Gasteiger partial charge in [-0.05, 0) is 42.7 Å². The number of amides is 2. The van der Waals surface area contributed by atoms with Gasteiger partial charge in [-0.25, -0.2) is 4.98 Å². The molecule has 0 bridgehead atoms. The molecule has 1 fully saturated rings. The van der Waals surface area contributed by atoms with Crippen molar-refractivity contribution in [2.75, 3.05) is 18.0 Å². The monoisotopic (exact) mass is 376 g/mol. The minimum absolute atomic E-state index is 0.0143. The Labute approximate surface area is 164 Å². The maximum absolute atomic E-state index is 12.2. The van der Waals surface area contributed by atoms with Crippen molar-refractivity contribution in [2.24, 2.45) is 0 Å². The van der Waals surface area contributed by atoms with Gasteiger partial charge < -0.3 is 14.8 Å². The maximum atomic E-state index is 12.2. The van der Waals surface area contributed by atoms with Crippen LogP contribution in [-0.2, 0) is 22.6 Å². The van der Waals surface area contributed by atoms with E-state index in [9.17, 15) is 9.59 Å². The maximum Gasteiger partial charge on any atom is 0.227 e. The van der Waals surface area contributed by atoms with Crippen molar-refractivity contribution in [3.8, 4) is 0 Å². The van der Waals surface area contributed by atoms with E-state index in [-0.39, 0.29) is 11.8 Å². The molecule has 2 heterocycles. The Morgan fingerprint density at radius 1 is 1.11 bits per heavy atom. The second-order valence-electron chi connectivity index (χ2n) is 7.12. The molecule has 2 aromatic carbocycles. The number of nitrogens with one attached hydrogen (secondary N) is 1. The summed E-state index contributed by atoms with van der Waals surface area (Å²) in [5.74, 6) is 0.191. The Balaban J connectivity index is 1.23. The van der Waals surface area contributed by atoms with Crippen molar-refractivity contribution < 1.29 is 9.59 Å². The van der Waals surface area contributed by atoms with Gasteiger partial charge in [-0.3, -0.25) is 9.59 Å². The van der Waals surface area contributed by atoms with Crippen LogP contribution < -0.4 is 10.2 Å². The summed E-state index contributed by atoms with van der Waals surface area (Å²) in [6.45, 7) is 2.23. The Kier molecular flexibility index (Phi) is 5.37. The van der Waals surface area contributed by atoms with Crippen LogP contribution in [-0.4, -0.2) is 34.5 Å². The van der Waals surface area contributed by atoms with Gasteiger partial charge in [0, 0.05) is 31.7 Å². The SMILES string of the molecule is O=C(Cc1ccc(N2CCCC2=O)cc1)NCCCn1cnc2ccccc21. The van der Waals surface area contributed by atoms with Gasteiger partial charge in [0.25, 0.3) is 0 Å². The number of fused-ring (bicyclic) bond motifs is 1. The van der Waals surface area contributed by atoms with Crippen LogP contribution in [0.5, 0.6) is 0 Å². The summed E-state index contributed by atoms with van der Waals surface area (Å²) in [4.78, 5) is 30.2. The summed E-state index contributed by atoms with van der Waals surface area (Å²) in [5, 5.41) is 2.98. The smallest absolute Gasteiger partial charge is 0.227 e. The lowest BCUT2D eigenvalue weighted by molar-refractivity contribution is -0.120. The predicted octanol–water partition coefficient (Wildman–Crippen LogP) is 2.91. The summed E-state index contributed by atoms with van der Waals surface area (Å²) >= 11 is 0. The van der Waals surface area contributed by atoms with Crippen molar-refractivity contribution >= 4 is 28.5 Å². The average Bonchev–Trinajstić information content (AvgIpc) is 3.32. The van der Waals surface area contributed by atoms with Crippen LogP contribution >= 0.6 is 0 Å². The topological polar surface area (TPSA) is 67.2 Å². The van der Waals surface area contributed by atoms with E-state index in [1.807, 2.05) is 53.7 Å². The van der Waals surface area contributed by atoms with Gasteiger partial charge >= 0.3 is 0 Å². The molecule has 0 aliphatic carbocycles. The molecule has 4 rings (SSSR count). The van der Waals surface area contributed by atoms with Crippen molar-refractivity contribution in [3.05, 3.63) is 60.4 Å². The molecular weight excluding hydrogens is 352 g/mol. The molecule has 0 spiro atoms. The third-order valence-electron chi connectivity index (χ3n) is 5.11. The number of carbonyl (C=O) groups is 2. The highest BCUT2D eigenvalue weighted by molar-refractivity contribution is 5.95. The predicted molar refractivity (Wildman–Crippen MR) is 109 cm³/mol. The Morgan fingerprint density at radius 2 is 1.93 bits per heavy atom. The first-order chi connectivity index (χ1) is 13.7. The molecule has 1 saturated heterocycles. The van der Waals surface area contributed by atoms with Gasteiger partial charge in [-0.1, -0.05) is 24.3 Å². The number of carbonyl (C=O) groups excluding carboxylic acids is 2. The Bertz CT molecular complexity index is 978. The van der Waals surface area contributed by atoms with E-state index in [1.54, 1.807) is 0 Å². The lowest BCUT2D eigenvalue weighted by Gasteiger charge is -2.15. The molecule has 2 amide bonds. The van der Waals surface area contributed by atoms with Gasteiger partial charge in [-0.15, -0.1) is 0 Å². The van der Waals surface area contributed by atoms with Crippen molar-refractivity contribution in [3.63, 3.8) is 0 Å². The fraction of sp³-hybridized carbons (Fsp3) is 0.318. The minimum atomic E-state index is 0.0143. The van der Waals surface area contributed by atoms with E-state index in [0.717, 1.165) is 48.2 Å². The molecule has 6 heteroatoms. The van der Waals surface area contributed by atoms with E-state index in [0.29, 0.717) is 19.4 Å². The van der Waals surface area contributed by atoms with E-state index >= 15 is 0 Å². The van der Waals surface area contributed by atoms with Gasteiger partial charge in [0.2, 0.25) is 11.8 Å². The fourth-order valence-electron chi connectivity index (χ4n) is 3.63. The third kappa shape index (κ3) is 4.06. The number of benzene rings is 2. The quantitative estimate of drug-likeness (QED) is 0.645. The Morgan fingerprint density at radius 3 is 2.71 bits per heavy atom. The van der Waals surface area contributed by atoms with Crippen molar-refractivity contribution in [1.29, 1.82) is 0 Å². The summed E-state index contributed by atoms with van der Waals surface area (Å²) in [5.41, 5.74) is 3.98. The highest BCUT2D eigenvalue weighted by Crippen LogP contribution is 2.21. The van der Waals surface area contributed by atoms with E-state index < -0.39 is 0 Å². The second kappa shape index (κ2) is 8.25. The van der Waals surface area contributed by atoms with Crippen LogP contribution in [0.2, 0.25) is 0 Å². The molecule has 28 heavy (non-hydrogen) atoms. The van der Waals surface area contributed by atoms with Crippen LogP contribution in [0.3, 0.4) is 0 Å². The summed E-state index contributed by atoms with van der Waals surface area (Å²) in [6, 6.07) is 15.8. The van der Waals surface area contributed by atoms with Crippen LogP contribution in [0.1, 0.15) is 24.8 Å². The number of nitrogens with zero attached hydrogens (tertiary/aromatic N) is 3. The van der Waals surface area contributed by atoms with Gasteiger partial charge in [0.1, 0.15) is 0 Å². The largest absolute Gasteiger partial charge is 0.356 e. The van der Waals surface area contributed by atoms with Crippen LogP contribution in [0, 0.1) is 0 Å². The fourth-order valence-corrected chi connectivity index (χ4v) is 3.63. The minimum Gasteiger partial charge on any atom is -0.356 e. The zero-order valence-corrected chi connectivity index (χ0v) is 15.8. The number of imidazole rings is 1. The summed E-state index contributed by atoms with van der Waals surface area (Å²) < 4.78 is 2.11. The number of para-hydroxylation sites is 2. The van der Waals surface area contributed by atoms with Crippen LogP contribution in [0.4, 0.5) is 5.69 Å². The zero-order chi connectivity index (χ0) is 19.3. The van der Waals surface area contributed by atoms with Crippen LogP contribution in [0.25, 0.3) is 11.0 Å². The molecule has 0 saturated carbocycles. The van der Waals surface area contributed by atoms with Crippen molar-refractivity contribution in [1.82, 2.24) is 14.9 Å². The van der Waals surface area contributed by atoms with E-state index in [1.165, 1.54) is 0 Å². The lowest BCUT2D eigenvalue weighted by atomic mass is 10.1. The van der Waals surface area contributed by atoms with Gasteiger partial charge in [0.05, 0.1) is 23.8 Å². The van der Waals surface area contributed by atoms with Crippen molar-refractivity contribution in [2.45, 2.75) is 32.2 Å². The standard InChI is InChI=1S/C22H24N4O2/c27-21(15-17-8-10-18(11-9-17)26-14-3-7-22(26)28)23-12-4-13-25-16-24-19-5-1-2-6-20(19)25/h1-2,5-6,8-11,16H,3-4,7,12-15H2,(H,23,27). The number of hydrogen-bond acceptors (Lipinski definition) is 3. The van der Waals surface area contributed by atoms with E-state index in [2.05, 4.69) is 20.9 Å². The third-order valence-corrected chi connectivity index (χ3v) is 5.11. The highest BCUT2D eigenvalue weighted by atomic mass is 16.2. The number of aromatic nitrogens is 2. The summed E-state index contributed by atoms with van der Waals surface area (Å²) in [6.07, 6.45) is 4.58. The molecular formula is C22H24N4O2. The molecule has 3 aromatic rings. The number of rotatable bonds is 7. The molecule has 144 valence electrons. The van der Waals surface area contributed by atoms with Crippen LogP contribution in [0.15, 0.2) is 54.9 Å². The first-order valence-electron chi connectivity index (χ1n) is 9.76. The normalized spacial score (nSPS) is 14.0. The molecule has 0 atom stereocenters. The molecule has 1 aliphatic heterocycles. The average molecular weight is 376 g/mol. The number of hydrogen-bond donors (Lipinski definition) is 1. The molecule has 0 unspecified atom stereocenters. The Hall–Kier alpha value is -3.15. The lowest BCUT2D eigenvalue weighted by Crippen LogP contribution is -2.27. The number of aryl methyl sites for hydroxylation is 1. The first-order valence-corrected chi connectivity index (χ1v) is 9.76. The number of anilines is 1. The molecule has 1 N–H and O–H groups in total. The van der Waals surface area contributed by atoms with Gasteiger partial charge in [0.15, 0.2) is 0 Å².